The molecule has 23 heavy (non-hydrogen) atoms. The fourth-order valence-electron chi connectivity index (χ4n) is 7.49. The van der Waals surface area contributed by atoms with Crippen LogP contribution >= 0.6 is 0 Å². The molecule has 8 atom stereocenters. The van der Waals surface area contributed by atoms with Crippen LogP contribution in [-0.2, 0) is 0 Å². The van der Waals surface area contributed by atoms with Gasteiger partial charge in [0.15, 0.2) is 0 Å². The van der Waals surface area contributed by atoms with E-state index >= 15 is 0 Å². The third-order valence-electron chi connectivity index (χ3n) is 9.03. The van der Waals surface area contributed by atoms with Crippen molar-refractivity contribution in [3.05, 3.63) is 0 Å². The Balaban J connectivity index is 1.65. The minimum Gasteiger partial charge on any atom is -0.393 e. The zero-order valence-electron chi connectivity index (χ0n) is 14.7. The molecule has 4 fully saturated rings. The van der Waals surface area contributed by atoms with E-state index in [1.165, 1.54) is 25.7 Å². The van der Waals surface area contributed by atoms with Crippen LogP contribution in [0.15, 0.2) is 0 Å². The molecule has 4 aliphatic carbocycles. The fourth-order valence-corrected chi connectivity index (χ4v) is 7.49. The highest BCUT2D eigenvalue weighted by molar-refractivity contribution is 5.23. The Hall–Kier alpha value is -0.520. The lowest BCUT2D eigenvalue weighted by Crippen LogP contribution is -2.56. The molecule has 0 aromatic rings. The number of hydrogen-bond acceptors (Lipinski definition) is 2. The lowest BCUT2D eigenvalue weighted by atomic mass is 9.44. The highest BCUT2D eigenvalue weighted by Crippen LogP contribution is 2.68. The molecule has 0 saturated heterocycles. The molecule has 0 aliphatic heterocycles. The largest absolute Gasteiger partial charge is 0.393 e. The van der Waals surface area contributed by atoms with Crippen molar-refractivity contribution in [1.82, 2.24) is 0 Å². The smallest absolute Gasteiger partial charge is 0.130 e. The SMILES string of the molecule is C#C[C@]1(O)CCC2C3CC[C@H]4C[C@@H](O)CC[C@]4(C)C3CC[C@@]21C. The first-order chi connectivity index (χ1) is 10.8. The maximum Gasteiger partial charge on any atom is 0.130 e. The molecule has 128 valence electrons. The average Bonchev–Trinajstić information content (AvgIpc) is 2.80. The quantitative estimate of drug-likeness (QED) is 0.668. The summed E-state index contributed by atoms with van der Waals surface area (Å²) in [5.41, 5.74) is -0.566. The molecule has 4 aliphatic rings. The Morgan fingerprint density at radius 3 is 2.43 bits per heavy atom. The topological polar surface area (TPSA) is 40.5 Å². The summed E-state index contributed by atoms with van der Waals surface area (Å²) in [6.07, 6.45) is 15.6. The summed E-state index contributed by atoms with van der Waals surface area (Å²) in [5, 5.41) is 21.1. The van der Waals surface area contributed by atoms with Gasteiger partial charge in [0, 0.05) is 5.41 Å². The number of terminal acetylenes is 1. The van der Waals surface area contributed by atoms with Gasteiger partial charge in [-0.3, -0.25) is 0 Å². The van der Waals surface area contributed by atoms with E-state index in [0.717, 1.165) is 43.9 Å². The zero-order valence-corrected chi connectivity index (χ0v) is 14.7. The molecule has 4 rings (SSSR count). The third kappa shape index (κ3) is 1.96. The Morgan fingerprint density at radius 2 is 1.70 bits per heavy atom. The van der Waals surface area contributed by atoms with Crippen LogP contribution in [0.5, 0.6) is 0 Å². The first kappa shape index (κ1) is 16.0. The molecule has 0 bridgehead atoms. The van der Waals surface area contributed by atoms with E-state index in [1.807, 2.05) is 0 Å². The van der Waals surface area contributed by atoms with Crippen molar-refractivity contribution in [2.75, 3.05) is 0 Å². The Bertz CT molecular complexity index is 536. The van der Waals surface area contributed by atoms with Crippen molar-refractivity contribution < 1.29 is 10.2 Å². The fraction of sp³-hybridized carbons (Fsp3) is 0.905. The van der Waals surface area contributed by atoms with Crippen LogP contribution in [0.2, 0.25) is 0 Å². The van der Waals surface area contributed by atoms with E-state index in [-0.39, 0.29) is 11.5 Å². The van der Waals surface area contributed by atoms with Crippen LogP contribution < -0.4 is 0 Å². The molecule has 4 saturated carbocycles. The van der Waals surface area contributed by atoms with Crippen LogP contribution in [0.25, 0.3) is 0 Å². The summed E-state index contributed by atoms with van der Waals surface area (Å²) >= 11 is 0. The van der Waals surface area contributed by atoms with Crippen molar-refractivity contribution in [2.24, 2.45) is 34.5 Å². The summed E-state index contributed by atoms with van der Waals surface area (Å²) in [5.74, 6) is 5.56. The van der Waals surface area contributed by atoms with E-state index < -0.39 is 5.60 Å². The molecule has 0 aromatic heterocycles. The van der Waals surface area contributed by atoms with E-state index in [4.69, 9.17) is 6.42 Å². The highest BCUT2D eigenvalue weighted by atomic mass is 16.3. The lowest BCUT2D eigenvalue weighted by molar-refractivity contribution is -0.144. The predicted molar refractivity (Wildman–Crippen MR) is 91.5 cm³/mol. The first-order valence-corrected chi connectivity index (χ1v) is 9.72. The highest BCUT2D eigenvalue weighted by Gasteiger charge is 2.64. The molecular formula is C21H32O2. The Morgan fingerprint density at radius 1 is 0.957 bits per heavy atom. The molecule has 2 heteroatoms. The zero-order chi connectivity index (χ0) is 16.5. The summed E-state index contributed by atoms with van der Waals surface area (Å²) < 4.78 is 0. The first-order valence-electron chi connectivity index (χ1n) is 9.72. The van der Waals surface area contributed by atoms with E-state index in [2.05, 4.69) is 19.8 Å². The summed E-state index contributed by atoms with van der Waals surface area (Å²) in [7, 11) is 0. The molecule has 0 aromatic carbocycles. The van der Waals surface area contributed by atoms with Crippen molar-refractivity contribution in [1.29, 1.82) is 0 Å². The van der Waals surface area contributed by atoms with Crippen LogP contribution in [0, 0.1) is 46.8 Å². The lowest BCUT2D eigenvalue weighted by Gasteiger charge is -2.61. The predicted octanol–water partition coefficient (Wildman–Crippen LogP) is 3.75. The Kier molecular flexibility index (Phi) is 3.47. The standard InChI is InChI=1S/C21H32O2/c1-4-21(23)12-9-18-16-6-5-14-13-15(22)7-10-19(14,2)17(16)8-11-20(18,21)3/h1,14-18,22-23H,5-13H2,2-3H3/t14-,15-,16?,17?,18?,19-,20-,21-/m0/s1. The van der Waals surface area contributed by atoms with Gasteiger partial charge in [-0.1, -0.05) is 19.8 Å². The molecule has 0 radical (unpaired) electrons. The van der Waals surface area contributed by atoms with E-state index in [9.17, 15) is 10.2 Å². The molecule has 0 heterocycles. The Labute approximate surface area is 141 Å². The van der Waals surface area contributed by atoms with Gasteiger partial charge in [-0.2, -0.15) is 0 Å². The van der Waals surface area contributed by atoms with E-state index in [0.29, 0.717) is 17.3 Å². The number of rotatable bonds is 0. The molecule has 2 nitrogen and oxygen atoms in total. The van der Waals surface area contributed by atoms with Gasteiger partial charge in [0.2, 0.25) is 0 Å². The maximum absolute atomic E-state index is 11.0. The van der Waals surface area contributed by atoms with Crippen molar-refractivity contribution in [3.8, 4) is 12.3 Å². The summed E-state index contributed by atoms with van der Waals surface area (Å²) in [6.45, 7) is 4.77. The minimum atomic E-state index is -0.886. The second-order valence-corrected chi connectivity index (χ2v) is 9.58. The number of aliphatic hydroxyl groups excluding tert-OH is 1. The van der Waals surface area contributed by atoms with Gasteiger partial charge in [-0.25, -0.2) is 0 Å². The monoisotopic (exact) mass is 316 g/mol. The van der Waals surface area contributed by atoms with Gasteiger partial charge in [0.1, 0.15) is 5.60 Å². The number of hydrogen-bond donors (Lipinski definition) is 2. The summed E-state index contributed by atoms with van der Waals surface area (Å²) in [6, 6.07) is 0. The van der Waals surface area contributed by atoms with Gasteiger partial charge in [-0.05, 0) is 86.9 Å². The second kappa shape index (κ2) is 4.99. The molecule has 2 N–H and O–H groups in total. The molecule has 3 unspecified atom stereocenters. The van der Waals surface area contributed by atoms with Gasteiger partial charge < -0.3 is 10.2 Å². The summed E-state index contributed by atoms with van der Waals surface area (Å²) in [4.78, 5) is 0. The second-order valence-electron chi connectivity index (χ2n) is 9.58. The normalized spacial score (nSPS) is 58.7. The molecular weight excluding hydrogens is 284 g/mol. The van der Waals surface area contributed by atoms with Gasteiger partial charge in [-0.15, -0.1) is 6.42 Å². The molecule has 0 spiro atoms. The van der Waals surface area contributed by atoms with Crippen molar-refractivity contribution in [2.45, 2.75) is 83.3 Å². The minimum absolute atomic E-state index is 0.0727. The van der Waals surface area contributed by atoms with Crippen molar-refractivity contribution in [3.63, 3.8) is 0 Å². The van der Waals surface area contributed by atoms with Crippen LogP contribution in [0.1, 0.15) is 71.6 Å². The third-order valence-corrected chi connectivity index (χ3v) is 9.03. The van der Waals surface area contributed by atoms with E-state index in [1.54, 1.807) is 0 Å². The number of fused-ring (bicyclic) bond motifs is 5. The maximum atomic E-state index is 11.0. The van der Waals surface area contributed by atoms with Crippen LogP contribution in [0.3, 0.4) is 0 Å². The van der Waals surface area contributed by atoms with Gasteiger partial charge >= 0.3 is 0 Å². The number of aliphatic hydroxyl groups is 2. The average molecular weight is 316 g/mol. The van der Waals surface area contributed by atoms with Crippen molar-refractivity contribution >= 4 is 0 Å². The van der Waals surface area contributed by atoms with Gasteiger partial charge in [0.05, 0.1) is 6.10 Å². The molecule has 0 amide bonds. The van der Waals surface area contributed by atoms with Gasteiger partial charge in [0.25, 0.3) is 0 Å². The van der Waals surface area contributed by atoms with Crippen LogP contribution in [-0.4, -0.2) is 21.9 Å². The van der Waals surface area contributed by atoms with Crippen LogP contribution in [0.4, 0.5) is 0 Å².